The Hall–Kier alpha value is -3.32. The number of hydrogen-bond donors (Lipinski definition) is 2. The van der Waals surface area contributed by atoms with Crippen LogP contribution in [0, 0.1) is 6.92 Å². The van der Waals surface area contributed by atoms with Crippen molar-refractivity contribution in [1.82, 2.24) is 15.0 Å². The zero-order valence-corrected chi connectivity index (χ0v) is 17.1. The number of Topliss-reactive ketones (excluding diaryl/α,β-unsaturated/α-hetero) is 1. The minimum Gasteiger partial charge on any atom is -0.397 e. The second-order valence-electron chi connectivity index (χ2n) is 7.81. The fourth-order valence-electron chi connectivity index (χ4n) is 3.81. The number of nitrogens with zero attached hydrogens (tertiary/aromatic N) is 4. The van der Waals surface area contributed by atoms with Gasteiger partial charge in [-0.3, -0.25) is 14.8 Å². The van der Waals surface area contributed by atoms with Crippen molar-refractivity contribution in [3.63, 3.8) is 0 Å². The smallest absolute Gasteiger partial charge is 0.187 e. The van der Waals surface area contributed by atoms with Crippen molar-refractivity contribution in [2.24, 2.45) is 5.73 Å². The fraction of sp³-hybridized carbons (Fsp3) is 0.304. The molecule has 0 saturated carbocycles. The predicted octanol–water partition coefficient (Wildman–Crippen LogP) is 2.78. The third-order valence-electron chi connectivity index (χ3n) is 5.39. The molecule has 154 valence electrons. The van der Waals surface area contributed by atoms with E-state index in [0.29, 0.717) is 17.1 Å². The first-order valence-electron chi connectivity index (χ1n) is 10.2. The summed E-state index contributed by atoms with van der Waals surface area (Å²) in [6.07, 6.45) is 7.51. The average Bonchev–Trinajstić information content (AvgIpc) is 2.75. The first-order valence-corrected chi connectivity index (χ1v) is 10.2. The van der Waals surface area contributed by atoms with Crippen molar-refractivity contribution in [3.05, 3.63) is 65.7 Å². The first-order chi connectivity index (χ1) is 14.5. The maximum Gasteiger partial charge on any atom is 0.187 e. The number of hydrogen-bond acceptors (Lipinski definition) is 7. The molecule has 3 aromatic rings. The molecule has 1 atom stereocenters. The van der Waals surface area contributed by atoms with Crippen LogP contribution in [0.5, 0.6) is 0 Å². The molecule has 1 aliphatic heterocycles. The molecule has 0 spiro atoms. The predicted molar refractivity (Wildman–Crippen MR) is 118 cm³/mol. The molecule has 0 aromatic carbocycles. The van der Waals surface area contributed by atoms with Crippen LogP contribution in [0.1, 0.15) is 34.5 Å². The number of rotatable bonds is 5. The first kappa shape index (κ1) is 20.0. The molecule has 30 heavy (non-hydrogen) atoms. The molecule has 0 amide bonds. The van der Waals surface area contributed by atoms with E-state index in [-0.39, 0.29) is 23.9 Å². The average molecular weight is 403 g/mol. The summed E-state index contributed by atoms with van der Waals surface area (Å²) in [5.41, 5.74) is 17.1. The SMILES string of the molecule is Cc1ccc(-c2ccc(N)c(C(=O)Cc3cnccc3N3CCC[C@H](N)C3)n2)nc1. The van der Waals surface area contributed by atoms with Crippen molar-refractivity contribution in [2.75, 3.05) is 23.7 Å². The van der Waals surface area contributed by atoms with E-state index in [1.54, 1.807) is 30.7 Å². The van der Waals surface area contributed by atoms with Gasteiger partial charge in [0.05, 0.1) is 17.1 Å². The number of carbonyl (C=O) groups excluding carboxylic acids is 1. The number of aromatic nitrogens is 3. The Kier molecular flexibility index (Phi) is 5.72. The maximum absolute atomic E-state index is 13.1. The van der Waals surface area contributed by atoms with E-state index in [4.69, 9.17) is 11.5 Å². The second kappa shape index (κ2) is 8.59. The molecule has 4 heterocycles. The van der Waals surface area contributed by atoms with E-state index in [1.165, 1.54) is 0 Å². The Labute approximate surface area is 176 Å². The highest BCUT2D eigenvalue weighted by atomic mass is 16.1. The van der Waals surface area contributed by atoms with Crippen molar-refractivity contribution in [2.45, 2.75) is 32.2 Å². The molecule has 0 aliphatic carbocycles. The van der Waals surface area contributed by atoms with E-state index in [9.17, 15) is 4.79 Å². The Morgan fingerprint density at radius 3 is 2.77 bits per heavy atom. The van der Waals surface area contributed by atoms with Gasteiger partial charge in [0.2, 0.25) is 0 Å². The highest BCUT2D eigenvalue weighted by Crippen LogP contribution is 2.26. The minimum absolute atomic E-state index is 0.142. The van der Waals surface area contributed by atoms with Crippen molar-refractivity contribution < 1.29 is 4.79 Å². The molecule has 1 aliphatic rings. The summed E-state index contributed by atoms with van der Waals surface area (Å²) in [5, 5.41) is 0. The molecule has 7 heteroatoms. The topological polar surface area (TPSA) is 111 Å². The number of piperidine rings is 1. The van der Waals surface area contributed by atoms with Crippen LogP contribution in [0.15, 0.2) is 48.9 Å². The number of carbonyl (C=O) groups is 1. The van der Waals surface area contributed by atoms with Crippen LogP contribution in [0.2, 0.25) is 0 Å². The number of anilines is 2. The molecule has 1 saturated heterocycles. The third kappa shape index (κ3) is 4.31. The van der Waals surface area contributed by atoms with Crippen LogP contribution >= 0.6 is 0 Å². The lowest BCUT2D eigenvalue weighted by atomic mass is 10.0. The normalized spacial score (nSPS) is 16.5. The van der Waals surface area contributed by atoms with Crippen molar-refractivity contribution in [1.29, 1.82) is 0 Å². The number of pyridine rings is 3. The van der Waals surface area contributed by atoms with Gasteiger partial charge in [0.1, 0.15) is 5.69 Å². The lowest BCUT2D eigenvalue weighted by Crippen LogP contribution is -2.43. The van der Waals surface area contributed by atoms with Gasteiger partial charge in [-0.15, -0.1) is 0 Å². The molecular formula is C23H26N6O. The number of ketones is 1. The monoisotopic (exact) mass is 402 g/mol. The minimum atomic E-state index is -0.142. The van der Waals surface area contributed by atoms with E-state index < -0.39 is 0 Å². The number of nitrogens with two attached hydrogens (primary N) is 2. The maximum atomic E-state index is 13.1. The Bertz CT molecular complexity index is 1050. The van der Waals surface area contributed by atoms with Crippen molar-refractivity contribution >= 4 is 17.2 Å². The molecule has 4 rings (SSSR count). The Morgan fingerprint density at radius 1 is 1.17 bits per heavy atom. The van der Waals surface area contributed by atoms with Gasteiger partial charge in [0.25, 0.3) is 0 Å². The summed E-state index contributed by atoms with van der Waals surface area (Å²) in [6.45, 7) is 3.68. The zero-order valence-electron chi connectivity index (χ0n) is 17.1. The van der Waals surface area contributed by atoms with Crippen LogP contribution in [-0.2, 0) is 6.42 Å². The molecule has 0 bridgehead atoms. The highest BCUT2D eigenvalue weighted by Gasteiger charge is 2.22. The summed E-state index contributed by atoms with van der Waals surface area (Å²) in [4.78, 5) is 28.5. The molecule has 7 nitrogen and oxygen atoms in total. The van der Waals surface area contributed by atoms with Gasteiger partial charge in [-0.25, -0.2) is 4.98 Å². The third-order valence-corrected chi connectivity index (χ3v) is 5.39. The molecule has 3 aromatic heterocycles. The van der Waals surface area contributed by atoms with Crippen LogP contribution in [-0.4, -0.2) is 39.9 Å². The second-order valence-corrected chi connectivity index (χ2v) is 7.81. The standard InChI is InChI=1S/C23H26N6O/c1-15-4-6-19(27-12-15)20-7-5-18(25)23(28-20)22(30)11-16-13-26-9-8-21(16)29-10-2-3-17(24)14-29/h4-9,12-13,17H,2-3,10-11,14,24-25H2,1H3/t17-/m0/s1. The van der Waals surface area contributed by atoms with Gasteiger partial charge in [0, 0.05) is 55.4 Å². The molecular weight excluding hydrogens is 376 g/mol. The van der Waals surface area contributed by atoms with Gasteiger partial charge in [-0.2, -0.15) is 0 Å². The number of aryl methyl sites for hydroxylation is 1. The summed E-state index contributed by atoms with van der Waals surface area (Å²) < 4.78 is 0. The molecule has 0 radical (unpaired) electrons. The summed E-state index contributed by atoms with van der Waals surface area (Å²) in [5.74, 6) is -0.142. The van der Waals surface area contributed by atoms with Gasteiger partial charge >= 0.3 is 0 Å². The summed E-state index contributed by atoms with van der Waals surface area (Å²) in [6, 6.07) is 9.45. The van der Waals surface area contributed by atoms with Gasteiger partial charge < -0.3 is 16.4 Å². The van der Waals surface area contributed by atoms with Crippen molar-refractivity contribution in [3.8, 4) is 11.4 Å². The van der Waals surface area contributed by atoms with Crippen LogP contribution in [0.25, 0.3) is 11.4 Å². The van der Waals surface area contributed by atoms with E-state index in [1.807, 2.05) is 25.1 Å². The molecule has 1 fully saturated rings. The van der Waals surface area contributed by atoms with E-state index in [0.717, 1.165) is 42.7 Å². The van der Waals surface area contributed by atoms with Crippen LogP contribution < -0.4 is 16.4 Å². The Balaban J connectivity index is 1.60. The molecule has 0 unspecified atom stereocenters. The number of nitrogen functional groups attached to an aromatic ring is 1. The van der Waals surface area contributed by atoms with Gasteiger partial charge in [0.15, 0.2) is 5.78 Å². The van der Waals surface area contributed by atoms with Gasteiger partial charge in [-0.05, 0) is 49.6 Å². The summed E-state index contributed by atoms with van der Waals surface area (Å²) >= 11 is 0. The lowest BCUT2D eigenvalue weighted by Gasteiger charge is -2.33. The largest absolute Gasteiger partial charge is 0.397 e. The van der Waals surface area contributed by atoms with Gasteiger partial charge in [-0.1, -0.05) is 6.07 Å². The highest BCUT2D eigenvalue weighted by molar-refractivity contribution is 6.01. The summed E-state index contributed by atoms with van der Waals surface area (Å²) in [7, 11) is 0. The van der Waals surface area contributed by atoms with Crippen LogP contribution in [0.4, 0.5) is 11.4 Å². The Morgan fingerprint density at radius 2 is 2.00 bits per heavy atom. The lowest BCUT2D eigenvalue weighted by molar-refractivity contribution is 0.0989. The van der Waals surface area contributed by atoms with E-state index >= 15 is 0 Å². The fourth-order valence-corrected chi connectivity index (χ4v) is 3.81. The van der Waals surface area contributed by atoms with Crippen LogP contribution in [0.3, 0.4) is 0 Å². The molecule has 4 N–H and O–H groups in total. The van der Waals surface area contributed by atoms with E-state index in [2.05, 4.69) is 19.9 Å². The zero-order chi connectivity index (χ0) is 21.1. The quantitative estimate of drug-likeness (QED) is 0.631.